The molecule has 2 aromatic rings. The molecule has 4 rings (SSSR count). The molecule has 12 nitrogen and oxygen atoms in total. The molecule has 0 amide bonds. The van der Waals surface area contributed by atoms with Gasteiger partial charge < -0.3 is 24.8 Å². The SMILES string of the molecule is [N-]=[N+]=N[C@H]1C[C@H](P(=O)(O)O)O[C@@H]1Cn1cnc2c(C3CC3)nc(N)nc21. The van der Waals surface area contributed by atoms with Crippen LogP contribution in [0.2, 0.25) is 0 Å². The Kier molecular flexibility index (Phi) is 4.09. The summed E-state index contributed by atoms with van der Waals surface area (Å²) in [6.07, 6.45) is 2.88. The van der Waals surface area contributed by atoms with Gasteiger partial charge in [-0.15, -0.1) is 0 Å². The van der Waals surface area contributed by atoms with Crippen LogP contribution in [0.5, 0.6) is 0 Å². The number of rotatable bonds is 5. The van der Waals surface area contributed by atoms with E-state index < -0.39 is 25.6 Å². The number of ether oxygens (including phenoxy) is 1. The van der Waals surface area contributed by atoms with Gasteiger partial charge in [0.25, 0.3) is 0 Å². The number of hydrogen-bond acceptors (Lipinski definition) is 7. The minimum atomic E-state index is -4.45. The first-order valence-electron chi connectivity index (χ1n) is 8.10. The predicted molar refractivity (Wildman–Crippen MR) is 90.0 cm³/mol. The zero-order valence-electron chi connectivity index (χ0n) is 13.6. The molecular formula is C13H17N8O4P. The molecule has 3 heterocycles. The van der Waals surface area contributed by atoms with Gasteiger partial charge >= 0.3 is 7.60 Å². The number of azide groups is 1. The van der Waals surface area contributed by atoms with Gasteiger partial charge in [-0.25, -0.2) is 9.97 Å². The molecule has 138 valence electrons. The van der Waals surface area contributed by atoms with Crippen LogP contribution in [0.3, 0.4) is 0 Å². The van der Waals surface area contributed by atoms with Crippen LogP contribution in [-0.4, -0.2) is 47.3 Å². The van der Waals surface area contributed by atoms with Gasteiger partial charge in [-0.2, -0.15) is 4.98 Å². The highest BCUT2D eigenvalue weighted by molar-refractivity contribution is 7.52. The summed E-state index contributed by atoms with van der Waals surface area (Å²) < 4.78 is 18.7. The van der Waals surface area contributed by atoms with Crippen molar-refractivity contribution in [1.29, 1.82) is 0 Å². The molecule has 3 atom stereocenters. The lowest BCUT2D eigenvalue weighted by atomic mass is 10.1. The van der Waals surface area contributed by atoms with Crippen LogP contribution in [0.4, 0.5) is 5.95 Å². The van der Waals surface area contributed by atoms with Crippen molar-refractivity contribution in [2.45, 2.75) is 49.7 Å². The van der Waals surface area contributed by atoms with Gasteiger partial charge in [-0.05, 0) is 24.8 Å². The zero-order chi connectivity index (χ0) is 18.5. The minimum absolute atomic E-state index is 0.0456. The quantitative estimate of drug-likeness (QED) is 0.299. The zero-order valence-corrected chi connectivity index (χ0v) is 14.5. The van der Waals surface area contributed by atoms with Crippen LogP contribution < -0.4 is 5.73 Å². The summed E-state index contributed by atoms with van der Waals surface area (Å²) in [5.74, 6) is -0.809. The molecule has 2 fully saturated rings. The van der Waals surface area contributed by atoms with Crippen molar-refractivity contribution in [1.82, 2.24) is 19.5 Å². The Labute approximate surface area is 147 Å². The topological polar surface area (TPSA) is 185 Å². The second kappa shape index (κ2) is 6.19. The molecule has 4 N–H and O–H groups in total. The first-order valence-corrected chi connectivity index (χ1v) is 9.78. The molecule has 0 radical (unpaired) electrons. The van der Waals surface area contributed by atoms with Crippen molar-refractivity contribution in [3.05, 3.63) is 22.5 Å². The molecule has 1 aliphatic heterocycles. The van der Waals surface area contributed by atoms with E-state index in [2.05, 4.69) is 25.0 Å². The number of fused-ring (bicyclic) bond motifs is 1. The Morgan fingerprint density at radius 3 is 2.88 bits per heavy atom. The summed E-state index contributed by atoms with van der Waals surface area (Å²) in [7, 11) is -4.45. The average Bonchev–Trinajstić information content (AvgIpc) is 3.22. The van der Waals surface area contributed by atoms with Crippen LogP contribution in [0.25, 0.3) is 21.6 Å². The van der Waals surface area contributed by atoms with E-state index in [1.165, 1.54) is 0 Å². The lowest BCUT2D eigenvalue weighted by Crippen LogP contribution is -2.25. The summed E-state index contributed by atoms with van der Waals surface area (Å²) in [6.45, 7) is 0.178. The number of anilines is 1. The molecule has 0 spiro atoms. The molecule has 2 aliphatic rings. The van der Waals surface area contributed by atoms with Gasteiger partial charge in [-0.1, -0.05) is 5.11 Å². The van der Waals surface area contributed by atoms with Gasteiger partial charge in [-0.3, -0.25) is 4.57 Å². The molecule has 0 bridgehead atoms. The van der Waals surface area contributed by atoms with E-state index in [9.17, 15) is 14.4 Å². The maximum atomic E-state index is 11.5. The largest absolute Gasteiger partial charge is 0.368 e. The molecular weight excluding hydrogens is 363 g/mol. The Balaban J connectivity index is 1.66. The van der Waals surface area contributed by atoms with Crippen molar-refractivity contribution >= 4 is 24.7 Å². The monoisotopic (exact) mass is 380 g/mol. The Morgan fingerprint density at radius 2 is 2.23 bits per heavy atom. The number of imidazole rings is 1. The van der Waals surface area contributed by atoms with Crippen molar-refractivity contribution < 1.29 is 19.1 Å². The fourth-order valence-electron chi connectivity index (χ4n) is 3.23. The predicted octanol–water partition coefficient (Wildman–Crippen LogP) is 1.26. The number of nitrogen functional groups attached to an aromatic ring is 1. The molecule has 1 saturated heterocycles. The van der Waals surface area contributed by atoms with E-state index in [1.807, 2.05) is 0 Å². The Bertz CT molecular complexity index is 947. The van der Waals surface area contributed by atoms with Gasteiger partial charge in [0.1, 0.15) is 5.52 Å². The third-order valence-electron chi connectivity index (χ3n) is 4.63. The van der Waals surface area contributed by atoms with Crippen LogP contribution in [0.1, 0.15) is 30.9 Å². The number of nitrogens with zero attached hydrogens (tertiary/aromatic N) is 7. The maximum absolute atomic E-state index is 11.5. The van der Waals surface area contributed by atoms with Gasteiger partial charge in [0.15, 0.2) is 11.5 Å². The molecule has 13 heteroatoms. The van der Waals surface area contributed by atoms with E-state index in [-0.39, 0.29) is 18.9 Å². The van der Waals surface area contributed by atoms with Crippen molar-refractivity contribution in [3.63, 3.8) is 0 Å². The molecule has 26 heavy (non-hydrogen) atoms. The van der Waals surface area contributed by atoms with Crippen molar-refractivity contribution in [2.75, 3.05) is 5.73 Å². The van der Waals surface area contributed by atoms with Crippen molar-refractivity contribution in [2.24, 2.45) is 5.11 Å². The fourth-order valence-corrected chi connectivity index (χ4v) is 4.03. The lowest BCUT2D eigenvalue weighted by molar-refractivity contribution is 0.0576. The molecule has 1 saturated carbocycles. The minimum Gasteiger partial charge on any atom is -0.368 e. The molecule has 2 aromatic heterocycles. The lowest BCUT2D eigenvalue weighted by Gasteiger charge is -2.16. The molecule has 1 aliphatic carbocycles. The van der Waals surface area contributed by atoms with E-state index in [4.69, 9.17) is 16.0 Å². The van der Waals surface area contributed by atoms with E-state index in [0.717, 1.165) is 18.5 Å². The van der Waals surface area contributed by atoms with Crippen molar-refractivity contribution in [3.8, 4) is 0 Å². The fraction of sp³-hybridized carbons (Fsp3) is 0.615. The number of aromatic nitrogens is 4. The molecule has 0 aromatic carbocycles. The second-order valence-electron chi connectivity index (χ2n) is 6.54. The highest BCUT2D eigenvalue weighted by atomic mass is 31.2. The molecule has 0 unspecified atom stereocenters. The standard InChI is InChI=1S/C13H17N8O4P/c14-13-17-10(6-1-2-6)11-12(18-13)21(5-16-11)4-8-7(19-20-15)3-9(25-8)26(22,23)24/h5-9H,1-4H2,(H2,14,17,18)(H2,22,23,24)/t7-,8+,9-/m0/s1. The van der Waals surface area contributed by atoms with Crippen LogP contribution in [0, 0.1) is 0 Å². The summed E-state index contributed by atoms with van der Waals surface area (Å²) in [5, 5.41) is 3.62. The van der Waals surface area contributed by atoms with E-state index >= 15 is 0 Å². The summed E-state index contributed by atoms with van der Waals surface area (Å²) in [5.41, 5.74) is 16.5. The normalized spacial score (nSPS) is 26.2. The third-order valence-corrected chi connectivity index (χ3v) is 5.71. The van der Waals surface area contributed by atoms with E-state index in [0.29, 0.717) is 17.1 Å². The first-order chi connectivity index (χ1) is 12.4. The van der Waals surface area contributed by atoms with Gasteiger partial charge in [0.2, 0.25) is 5.95 Å². The van der Waals surface area contributed by atoms with Gasteiger partial charge in [0.05, 0.1) is 30.7 Å². The van der Waals surface area contributed by atoms with Crippen LogP contribution >= 0.6 is 7.60 Å². The number of nitrogens with two attached hydrogens (primary N) is 1. The smallest absolute Gasteiger partial charge is 0.354 e. The highest BCUT2D eigenvalue weighted by Gasteiger charge is 2.43. The summed E-state index contributed by atoms with van der Waals surface area (Å²) in [4.78, 5) is 34.4. The van der Waals surface area contributed by atoms with E-state index in [1.54, 1.807) is 10.9 Å². The summed E-state index contributed by atoms with van der Waals surface area (Å²) >= 11 is 0. The highest BCUT2D eigenvalue weighted by Crippen LogP contribution is 2.49. The second-order valence-corrected chi connectivity index (χ2v) is 8.29. The third kappa shape index (κ3) is 3.13. The van der Waals surface area contributed by atoms with Crippen LogP contribution in [-0.2, 0) is 15.8 Å². The maximum Gasteiger partial charge on any atom is 0.354 e. The van der Waals surface area contributed by atoms with Crippen LogP contribution in [0.15, 0.2) is 11.4 Å². The Morgan fingerprint density at radius 1 is 1.46 bits per heavy atom. The Hall–Kier alpha value is -2.23. The van der Waals surface area contributed by atoms with Gasteiger partial charge in [0, 0.05) is 10.8 Å². The summed E-state index contributed by atoms with van der Waals surface area (Å²) in [6, 6.07) is -0.697. The average molecular weight is 380 g/mol. The first kappa shape index (κ1) is 17.2. The number of hydrogen-bond donors (Lipinski definition) is 3.